The molecule has 6 N–H and O–H groups in total. The molecule has 0 heterocycles. The van der Waals surface area contributed by atoms with E-state index in [1.54, 1.807) is 24.3 Å². The fraction of sp³-hybridized carbons (Fsp3) is 0.500. The van der Waals surface area contributed by atoms with Crippen molar-refractivity contribution < 1.29 is 29.4 Å². The number of carbonyl (C=O) groups excluding carboxylic acids is 2. The molecule has 160 valence electrons. The van der Waals surface area contributed by atoms with Gasteiger partial charge in [-0.05, 0) is 24.3 Å². The number of carbonyl (C=O) groups is 4. The van der Waals surface area contributed by atoms with Crippen molar-refractivity contribution >= 4 is 23.8 Å². The van der Waals surface area contributed by atoms with Gasteiger partial charge in [-0.25, -0.2) is 4.79 Å². The Morgan fingerprint density at radius 3 is 2.07 bits per heavy atom. The van der Waals surface area contributed by atoms with Crippen molar-refractivity contribution in [2.45, 2.75) is 57.7 Å². The minimum absolute atomic E-state index is 0.0444. The Bertz CT molecular complexity index is 707. The predicted octanol–water partition coefficient (Wildman–Crippen LogP) is 0.522. The second kappa shape index (κ2) is 11.8. The maximum atomic E-state index is 12.7. The molecule has 2 amide bonds. The fourth-order valence-electron chi connectivity index (χ4n) is 2.71. The molecule has 0 aliphatic heterocycles. The summed E-state index contributed by atoms with van der Waals surface area (Å²) in [5.74, 6) is -3.50. The first kappa shape index (κ1) is 24.1. The van der Waals surface area contributed by atoms with E-state index >= 15 is 0 Å². The second-order valence-corrected chi connectivity index (χ2v) is 7.32. The Labute approximate surface area is 169 Å². The third-order valence-corrected chi connectivity index (χ3v) is 4.24. The zero-order valence-electron chi connectivity index (χ0n) is 16.6. The van der Waals surface area contributed by atoms with Crippen molar-refractivity contribution in [2.75, 3.05) is 0 Å². The van der Waals surface area contributed by atoms with Crippen LogP contribution < -0.4 is 16.4 Å². The van der Waals surface area contributed by atoms with E-state index in [2.05, 4.69) is 10.6 Å². The molecule has 0 fully saturated rings. The summed E-state index contributed by atoms with van der Waals surface area (Å²) < 4.78 is 0. The summed E-state index contributed by atoms with van der Waals surface area (Å²) in [7, 11) is 0. The van der Waals surface area contributed by atoms with Gasteiger partial charge in [-0.3, -0.25) is 14.4 Å². The van der Waals surface area contributed by atoms with Gasteiger partial charge in [0.05, 0.1) is 6.04 Å². The van der Waals surface area contributed by atoms with Crippen LogP contribution in [-0.2, 0) is 25.6 Å². The quantitative estimate of drug-likeness (QED) is 0.338. The van der Waals surface area contributed by atoms with Crippen LogP contribution in [0.4, 0.5) is 0 Å². The van der Waals surface area contributed by atoms with Gasteiger partial charge in [0.2, 0.25) is 11.8 Å². The van der Waals surface area contributed by atoms with Crippen LogP contribution in [0.5, 0.6) is 0 Å². The van der Waals surface area contributed by atoms with Crippen molar-refractivity contribution in [1.29, 1.82) is 0 Å². The number of hydrogen-bond donors (Lipinski definition) is 5. The Kier molecular flexibility index (Phi) is 9.81. The monoisotopic (exact) mass is 407 g/mol. The average Bonchev–Trinajstić information content (AvgIpc) is 2.65. The third kappa shape index (κ3) is 9.20. The number of hydrogen-bond acceptors (Lipinski definition) is 5. The van der Waals surface area contributed by atoms with E-state index in [-0.39, 0.29) is 31.6 Å². The van der Waals surface area contributed by atoms with E-state index in [0.717, 1.165) is 5.56 Å². The van der Waals surface area contributed by atoms with Crippen LogP contribution in [0.25, 0.3) is 0 Å². The topological polar surface area (TPSA) is 159 Å². The number of aliphatic carboxylic acids is 2. The summed E-state index contributed by atoms with van der Waals surface area (Å²) >= 11 is 0. The SMILES string of the molecule is CC(C)C[C@H](NC(=O)[C@H](Cc1ccccc1)NC(=O)[C@@H](N)CCC(=O)O)C(=O)O. The predicted molar refractivity (Wildman–Crippen MR) is 106 cm³/mol. The van der Waals surface area contributed by atoms with Crippen molar-refractivity contribution in [3.05, 3.63) is 35.9 Å². The maximum Gasteiger partial charge on any atom is 0.326 e. The van der Waals surface area contributed by atoms with Gasteiger partial charge in [-0.2, -0.15) is 0 Å². The summed E-state index contributed by atoms with van der Waals surface area (Å²) in [5, 5.41) is 23.1. The largest absolute Gasteiger partial charge is 0.481 e. The average molecular weight is 407 g/mol. The Morgan fingerprint density at radius 2 is 1.55 bits per heavy atom. The molecule has 1 aromatic rings. The summed E-state index contributed by atoms with van der Waals surface area (Å²) in [6, 6.07) is 5.70. The highest BCUT2D eigenvalue weighted by atomic mass is 16.4. The van der Waals surface area contributed by atoms with Gasteiger partial charge in [0.25, 0.3) is 0 Å². The molecule has 0 aliphatic rings. The van der Waals surface area contributed by atoms with Gasteiger partial charge in [0.1, 0.15) is 12.1 Å². The van der Waals surface area contributed by atoms with Crippen LogP contribution >= 0.6 is 0 Å². The molecule has 0 saturated carbocycles. The molecule has 1 rings (SSSR count). The molecular weight excluding hydrogens is 378 g/mol. The van der Waals surface area contributed by atoms with E-state index < -0.39 is 41.9 Å². The van der Waals surface area contributed by atoms with Crippen molar-refractivity contribution in [2.24, 2.45) is 11.7 Å². The number of nitrogens with one attached hydrogen (secondary N) is 2. The molecule has 9 heteroatoms. The summed E-state index contributed by atoms with van der Waals surface area (Å²) in [4.78, 5) is 47.2. The molecule has 0 unspecified atom stereocenters. The molecule has 0 aromatic heterocycles. The molecule has 0 spiro atoms. The van der Waals surface area contributed by atoms with Gasteiger partial charge in [-0.15, -0.1) is 0 Å². The van der Waals surface area contributed by atoms with Gasteiger partial charge in [-0.1, -0.05) is 44.2 Å². The minimum Gasteiger partial charge on any atom is -0.481 e. The number of amides is 2. The Morgan fingerprint density at radius 1 is 0.966 bits per heavy atom. The number of benzene rings is 1. The van der Waals surface area contributed by atoms with Gasteiger partial charge in [0.15, 0.2) is 0 Å². The van der Waals surface area contributed by atoms with Gasteiger partial charge in [0, 0.05) is 12.8 Å². The standard InChI is InChI=1S/C20H29N3O6/c1-12(2)10-16(20(28)29)23-19(27)15(11-13-6-4-3-5-7-13)22-18(26)14(21)8-9-17(24)25/h3-7,12,14-16H,8-11,21H2,1-2H3,(H,22,26)(H,23,27)(H,24,25)(H,28,29)/t14-,15-,16-/m0/s1. The molecule has 29 heavy (non-hydrogen) atoms. The van der Waals surface area contributed by atoms with E-state index in [9.17, 15) is 24.3 Å². The van der Waals surface area contributed by atoms with E-state index in [1.807, 2.05) is 19.9 Å². The number of carboxylic acid groups (broad SMARTS) is 2. The highest BCUT2D eigenvalue weighted by Crippen LogP contribution is 2.08. The van der Waals surface area contributed by atoms with Crippen LogP contribution in [0.2, 0.25) is 0 Å². The van der Waals surface area contributed by atoms with Gasteiger partial charge < -0.3 is 26.6 Å². The van der Waals surface area contributed by atoms with Crippen molar-refractivity contribution in [1.82, 2.24) is 10.6 Å². The van der Waals surface area contributed by atoms with E-state index in [1.165, 1.54) is 0 Å². The maximum absolute atomic E-state index is 12.7. The van der Waals surface area contributed by atoms with Gasteiger partial charge >= 0.3 is 11.9 Å². The van der Waals surface area contributed by atoms with Crippen molar-refractivity contribution in [3.63, 3.8) is 0 Å². The van der Waals surface area contributed by atoms with Crippen LogP contribution in [0, 0.1) is 5.92 Å². The van der Waals surface area contributed by atoms with Crippen LogP contribution in [0.15, 0.2) is 30.3 Å². The zero-order valence-corrected chi connectivity index (χ0v) is 16.6. The summed E-state index contributed by atoms with van der Waals surface area (Å²) in [6.07, 6.45) is 0.0227. The molecular formula is C20H29N3O6. The lowest BCUT2D eigenvalue weighted by Crippen LogP contribution is -2.55. The first-order chi connectivity index (χ1) is 13.6. The summed E-state index contributed by atoms with van der Waals surface area (Å²) in [5.41, 5.74) is 6.49. The number of rotatable bonds is 12. The normalized spacial score (nSPS) is 13.9. The molecule has 0 radical (unpaired) electrons. The first-order valence-electron chi connectivity index (χ1n) is 9.45. The first-order valence-corrected chi connectivity index (χ1v) is 9.45. The lowest BCUT2D eigenvalue weighted by atomic mass is 10.0. The molecule has 0 bridgehead atoms. The van der Waals surface area contributed by atoms with Crippen LogP contribution in [-0.4, -0.2) is 52.1 Å². The third-order valence-electron chi connectivity index (χ3n) is 4.24. The molecule has 0 aliphatic carbocycles. The fourth-order valence-corrected chi connectivity index (χ4v) is 2.71. The number of carboxylic acids is 2. The highest BCUT2D eigenvalue weighted by molar-refractivity contribution is 5.92. The highest BCUT2D eigenvalue weighted by Gasteiger charge is 2.28. The lowest BCUT2D eigenvalue weighted by molar-refractivity contribution is -0.142. The van der Waals surface area contributed by atoms with Crippen LogP contribution in [0.1, 0.15) is 38.7 Å². The van der Waals surface area contributed by atoms with Crippen LogP contribution in [0.3, 0.4) is 0 Å². The second-order valence-electron chi connectivity index (χ2n) is 7.32. The lowest BCUT2D eigenvalue weighted by Gasteiger charge is -2.23. The Balaban J connectivity index is 2.91. The molecule has 1 aromatic carbocycles. The van der Waals surface area contributed by atoms with E-state index in [4.69, 9.17) is 10.8 Å². The molecule has 0 saturated heterocycles. The molecule has 9 nitrogen and oxygen atoms in total. The summed E-state index contributed by atoms with van der Waals surface area (Å²) in [6.45, 7) is 3.68. The van der Waals surface area contributed by atoms with Crippen molar-refractivity contribution in [3.8, 4) is 0 Å². The molecule has 3 atom stereocenters. The number of nitrogens with two attached hydrogens (primary N) is 1. The Hall–Kier alpha value is -2.94. The van der Waals surface area contributed by atoms with E-state index in [0.29, 0.717) is 0 Å². The minimum atomic E-state index is -1.16. The zero-order chi connectivity index (χ0) is 22.0. The smallest absolute Gasteiger partial charge is 0.326 e.